The molecule has 0 bridgehead atoms. The van der Waals surface area contributed by atoms with Gasteiger partial charge in [-0.1, -0.05) is 30.0 Å². The molecule has 6 heteroatoms. The molecule has 0 amide bonds. The first-order chi connectivity index (χ1) is 15.4. The van der Waals surface area contributed by atoms with Crippen molar-refractivity contribution in [1.29, 1.82) is 0 Å². The molecule has 0 aliphatic carbocycles. The van der Waals surface area contributed by atoms with Crippen molar-refractivity contribution < 1.29 is 14.3 Å². The molecule has 0 aliphatic heterocycles. The summed E-state index contributed by atoms with van der Waals surface area (Å²) < 4.78 is 6.79. The molecule has 0 unspecified atom stereocenters. The number of rotatable bonds is 6. The fourth-order valence-electron chi connectivity index (χ4n) is 3.92. The number of aryl methyl sites for hydroxylation is 2. The van der Waals surface area contributed by atoms with Crippen LogP contribution in [0.5, 0.6) is 0 Å². The third-order valence-electron chi connectivity index (χ3n) is 5.53. The van der Waals surface area contributed by atoms with Crippen molar-refractivity contribution in [2.75, 3.05) is 12.9 Å². The Kier molecular flexibility index (Phi) is 6.15. The summed E-state index contributed by atoms with van der Waals surface area (Å²) in [6.45, 7) is 5.98. The highest BCUT2D eigenvalue weighted by atomic mass is 32.2. The number of ether oxygens (including phenoxy) is 1. The third-order valence-corrected chi connectivity index (χ3v) is 6.44. The number of benzene rings is 2. The van der Waals surface area contributed by atoms with Crippen LogP contribution in [0.2, 0.25) is 0 Å². The van der Waals surface area contributed by atoms with Crippen molar-refractivity contribution in [2.45, 2.75) is 25.8 Å². The number of aromatic nitrogens is 2. The number of thioether (sulfide) groups is 1. The van der Waals surface area contributed by atoms with Gasteiger partial charge in [0.05, 0.1) is 29.0 Å². The molecule has 0 saturated carbocycles. The van der Waals surface area contributed by atoms with Crippen LogP contribution in [-0.2, 0) is 4.74 Å². The first-order valence-electron chi connectivity index (χ1n) is 10.3. The number of carbonyl (C=O) groups excluding carboxylic acids is 2. The van der Waals surface area contributed by atoms with Crippen molar-refractivity contribution in [3.05, 3.63) is 88.7 Å². The topological polar surface area (TPSA) is 61.2 Å². The van der Waals surface area contributed by atoms with E-state index in [4.69, 9.17) is 9.72 Å². The second kappa shape index (κ2) is 9.01. The maximum atomic E-state index is 13.0. The number of methoxy groups -OCH3 is 1. The van der Waals surface area contributed by atoms with Crippen LogP contribution in [-0.4, -0.2) is 34.2 Å². The summed E-state index contributed by atoms with van der Waals surface area (Å²) in [7, 11) is 1.36. The van der Waals surface area contributed by atoms with Crippen molar-refractivity contribution in [3.8, 4) is 5.69 Å². The van der Waals surface area contributed by atoms with Crippen LogP contribution in [0.1, 0.15) is 37.7 Å². The molecule has 4 aromatic rings. The van der Waals surface area contributed by atoms with E-state index in [0.717, 1.165) is 38.6 Å². The second-order valence-corrected chi connectivity index (χ2v) is 8.66. The molecule has 2 aromatic heterocycles. The highest BCUT2D eigenvalue weighted by Gasteiger charge is 2.18. The van der Waals surface area contributed by atoms with Gasteiger partial charge in [-0.25, -0.2) is 9.78 Å². The van der Waals surface area contributed by atoms with Crippen LogP contribution < -0.4 is 0 Å². The SMILES string of the molecule is COC(=O)c1ccc(-n2c(C)cc(C(=O)CSc3cc(C)c4ccccc4n3)c2C)cc1. The van der Waals surface area contributed by atoms with E-state index in [9.17, 15) is 9.59 Å². The van der Waals surface area contributed by atoms with Crippen molar-refractivity contribution >= 4 is 34.4 Å². The summed E-state index contributed by atoms with van der Waals surface area (Å²) in [5.41, 5.74) is 6.01. The van der Waals surface area contributed by atoms with Crippen molar-refractivity contribution in [1.82, 2.24) is 9.55 Å². The third kappa shape index (κ3) is 4.18. The molecule has 162 valence electrons. The van der Waals surface area contributed by atoms with Gasteiger partial charge in [-0.3, -0.25) is 4.79 Å². The Labute approximate surface area is 191 Å². The van der Waals surface area contributed by atoms with E-state index in [1.54, 1.807) is 12.1 Å². The molecule has 0 fully saturated rings. The van der Waals surface area contributed by atoms with E-state index >= 15 is 0 Å². The predicted octanol–water partition coefficient (Wildman–Crippen LogP) is 5.71. The van der Waals surface area contributed by atoms with E-state index in [-0.39, 0.29) is 11.8 Å². The zero-order valence-corrected chi connectivity index (χ0v) is 19.3. The minimum absolute atomic E-state index is 0.0631. The monoisotopic (exact) mass is 444 g/mol. The van der Waals surface area contributed by atoms with Crippen LogP contribution in [0.3, 0.4) is 0 Å². The molecule has 0 saturated heterocycles. The summed E-state index contributed by atoms with van der Waals surface area (Å²) >= 11 is 1.46. The van der Waals surface area contributed by atoms with E-state index in [1.165, 1.54) is 18.9 Å². The number of hydrogen-bond acceptors (Lipinski definition) is 5. The number of Topliss-reactive ketones (excluding diaryl/α,β-unsaturated/α-hetero) is 1. The van der Waals surface area contributed by atoms with Gasteiger partial charge >= 0.3 is 5.97 Å². The zero-order chi connectivity index (χ0) is 22.8. The van der Waals surface area contributed by atoms with E-state index < -0.39 is 0 Å². The smallest absolute Gasteiger partial charge is 0.337 e. The lowest BCUT2D eigenvalue weighted by Crippen LogP contribution is -2.06. The Morgan fingerprint density at radius 1 is 1.00 bits per heavy atom. The Balaban J connectivity index is 1.54. The molecule has 2 aromatic carbocycles. The van der Waals surface area contributed by atoms with Crippen LogP contribution in [0.4, 0.5) is 0 Å². The summed E-state index contributed by atoms with van der Waals surface area (Å²) in [6.07, 6.45) is 0. The number of para-hydroxylation sites is 1. The zero-order valence-electron chi connectivity index (χ0n) is 18.5. The first-order valence-corrected chi connectivity index (χ1v) is 11.3. The van der Waals surface area contributed by atoms with Crippen LogP contribution in [0, 0.1) is 20.8 Å². The summed E-state index contributed by atoms with van der Waals surface area (Å²) in [4.78, 5) is 29.4. The van der Waals surface area contributed by atoms with E-state index in [0.29, 0.717) is 16.9 Å². The van der Waals surface area contributed by atoms with Gasteiger partial charge in [-0.15, -0.1) is 0 Å². The largest absolute Gasteiger partial charge is 0.465 e. The van der Waals surface area contributed by atoms with Crippen molar-refractivity contribution in [2.24, 2.45) is 0 Å². The minimum Gasteiger partial charge on any atom is -0.465 e. The number of fused-ring (bicyclic) bond motifs is 1. The molecule has 0 radical (unpaired) electrons. The van der Waals surface area contributed by atoms with Gasteiger partial charge in [0.25, 0.3) is 0 Å². The Morgan fingerprint density at radius 2 is 1.72 bits per heavy atom. The van der Waals surface area contributed by atoms with Crippen LogP contribution in [0.15, 0.2) is 65.7 Å². The van der Waals surface area contributed by atoms with Gasteiger partial charge in [-0.2, -0.15) is 0 Å². The Hall–Kier alpha value is -3.38. The second-order valence-electron chi connectivity index (χ2n) is 7.67. The van der Waals surface area contributed by atoms with Gasteiger partial charge in [-0.05, 0) is 68.8 Å². The van der Waals surface area contributed by atoms with E-state index in [1.807, 2.05) is 60.9 Å². The molecule has 5 nitrogen and oxygen atoms in total. The van der Waals surface area contributed by atoms with Gasteiger partial charge in [0, 0.05) is 28.0 Å². The lowest BCUT2D eigenvalue weighted by molar-refractivity contribution is 0.0600. The number of esters is 1. The fourth-order valence-corrected chi connectivity index (χ4v) is 4.77. The predicted molar refractivity (Wildman–Crippen MR) is 128 cm³/mol. The van der Waals surface area contributed by atoms with E-state index in [2.05, 4.69) is 13.0 Å². The summed E-state index contributed by atoms with van der Waals surface area (Å²) in [5, 5.41) is 1.98. The number of hydrogen-bond donors (Lipinski definition) is 0. The first kappa shape index (κ1) is 21.8. The molecular formula is C26H24N2O3S. The maximum absolute atomic E-state index is 13.0. The highest BCUT2D eigenvalue weighted by Crippen LogP contribution is 2.26. The number of ketones is 1. The van der Waals surface area contributed by atoms with Crippen LogP contribution in [0.25, 0.3) is 16.6 Å². The molecule has 0 aliphatic rings. The molecule has 2 heterocycles. The summed E-state index contributed by atoms with van der Waals surface area (Å²) in [5.74, 6) is 0.00663. The average molecular weight is 445 g/mol. The quantitative estimate of drug-likeness (QED) is 0.216. The Morgan fingerprint density at radius 3 is 2.44 bits per heavy atom. The molecule has 0 N–H and O–H groups in total. The highest BCUT2D eigenvalue weighted by molar-refractivity contribution is 7.99. The number of carbonyl (C=O) groups is 2. The number of pyridine rings is 1. The van der Waals surface area contributed by atoms with Crippen molar-refractivity contribution in [3.63, 3.8) is 0 Å². The molecule has 0 atom stereocenters. The van der Waals surface area contributed by atoms with Gasteiger partial charge < -0.3 is 9.30 Å². The lowest BCUT2D eigenvalue weighted by atomic mass is 10.1. The maximum Gasteiger partial charge on any atom is 0.337 e. The summed E-state index contributed by atoms with van der Waals surface area (Å²) in [6, 6.07) is 19.2. The minimum atomic E-state index is -0.372. The van der Waals surface area contributed by atoms with Gasteiger partial charge in [0.2, 0.25) is 0 Å². The van der Waals surface area contributed by atoms with Crippen LogP contribution >= 0.6 is 11.8 Å². The molecular weight excluding hydrogens is 420 g/mol. The molecule has 4 rings (SSSR count). The number of nitrogens with zero attached hydrogens (tertiary/aromatic N) is 2. The van der Waals surface area contributed by atoms with Gasteiger partial charge in [0.1, 0.15) is 0 Å². The molecule has 32 heavy (non-hydrogen) atoms. The standard InChI is InChI=1S/C26H24N2O3S/c1-16-13-25(27-23-8-6-5-7-21(16)23)32-15-24(29)22-14-17(2)28(18(22)3)20-11-9-19(10-12-20)26(30)31-4/h5-14H,15H2,1-4H3. The fraction of sp³-hybridized carbons (Fsp3) is 0.192. The molecule has 0 spiro atoms. The lowest BCUT2D eigenvalue weighted by Gasteiger charge is -2.11. The normalized spacial score (nSPS) is 11.0. The average Bonchev–Trinajstić information content (AvgIpc) is 3.11. The van der Waals surface area contributed by atoms with Gasteiger partial charge in [0.15, 0.2) is 5.78 Å². The Bertz CT molecular complexity index is 1320.